The van der Waals surface area contributed by atoms with Crippen LogP contribution in [0, 0.1) is 0 Å². The fourth-order valence-electron chi connectivity index (χ4n) is 1.79. The number of pyridine rings is 1. The molecule has 0 aliphatic rings. The zero-order valence-electron chi connectivity index (χ0n) is 12.6. The molecule has 0 saturated carbocycles. The predicted molar refractivity (Wildman–Crippen MR) is 85.4 cm³/mol. The van der Waals surface area contributed by atoms with Gasteiger partial charge in [0, 0.05) is 12.7 Å². The maximum Gasteiger partial charge on any atom is 0.316 e. The summed E-state index contributed by atoms with van der Waals surface area (Å²) in [5.41, 5.74) is 0.730. The van der Waals surface area contributed by atoms with Gasteiger partial charge in [0.2, 0.25) is 0 Å². The van der Waals surface area contributed by atoms with Crippen molar-refractivity contribution in [2.24, 2.45) is 0 Å². The minimum atomic E-state index is -0.271. The lowest BCUT2D eigenvalue weighted by Crippen LogP contribution is -2.13. The summed E-state index contributed by atoms with van der Waals surface area (Å²) in [6, 6.07) is 5.60. The van der Waals surface area contributed by atoms with Crippen LogP contribution in [-0.4, -0.2) is 37.6 Å². The van der Waals surface area contributed by atoms with Crippen molar-refractivity contribution in [2.75, 3.05) is 5.75 Å². The first-order valence-corrected chi connectivity index (χ1v) is 7.88. The lowest BCUT2D eigenvalue weighted by molar-refractivity contribution is -0.144. The highest BCUT2D eigenvalue weighted by Gasteiger charge is 2.16. The van der Waals surface area contributed by atoms with Gasteiger partial charge in [-0.1, -0.05) is 23.9 Å². The van der Waals surface area contributed by atoms with E-state index >= 15 is 0 Å². The minimum absolute atomic E-state index is 0.122. The standard InChI is InChI=1S/C15H18N4O2S/c1-4-9-19-14(12-7-5-6-8-16-12)17-18-15(19)22-10-13(20)21-11(2)3/h4-8,11H,1,9-10H2,2-3H3. The quantitative estimate of drug-likeness (QED) is 0.444. The normalized spacial score (nSPS) is 10.7. The van der Waals surface area contributed by atoms with E-state index in [-0.39, 0.29) is 17.8 Å². The fraction of sp³-hybridized carbons (Fsp3) is 0.333. The maximum absolute atomic E-state index is 11.6. The highest BCUT2D eigenvalue weighted by molar-refractivity contribution is 7.99. The van der Waals surface area contributed by atoms with Gasteiger partial charge in [-0.2, -0.15) is 0 Å². The number of nitrogens with zero attached hydrogens (tertiary/aromatic N) is 4. The SMILES string of the molecule is C=CCn1c(SCC(=O)OC(C)C)nnc1-c1ccccn1. The molecule has 2 rings (SSSR count). The molecule has 0 spiro atoms. The molecule has 22 heavy (non-hydrogen) atoms. The van der Waals surface area contributed by atoms with Gasteiger partial charge >= 0.3 is 5.97 Å². The van der Waals surface area contributed by atoms with E-state index in [9.17, 15) is 4.79 Å². The van der Waals surface area contributed by atoms with Gasteiger partial charge in [-0.15, -0.1) is 16.8 Å². The van der Waals surface area contributed by atoms with E-state index in [1.807, 2.05) is 36.6 Å². The Hall–Kier alpha value is -2.15. The summed E-state index contributed by atoms with van der Waals surface area (Å²) in [7, 11) is 0. The Morgan fingerprint density at radius 1 is 1.45 bits per heavy atom. The molecule has 0 saturated heterocycles. The molecule has 116 valence electrons. The molecule has 2 aromatic heterocycles. The third-order valence-corrected chi connectivity index (χ3v) is 3.55. The van der Waals surface area contributed by atoms with Gasteiger partial charge in [0.15, 0.2) is 11.0 Å². The average Bonchev–Trinajstić information content (AvgIpc) is 2.89. The summed E-state index contributed by atoms with van der Waals surface area (Å²) in [6.45, 7) is 7.93. The number of hydrogen-bond acceptors (Lipinski definition) is 6. The highest BCUT2D eigenvalue weighted by atomic mass is 32.2. The molecule has 0 bridgehead atoms. The number of hydrogen-bond donors (Lipinski definition) is 0. The molecule has 7 heteroatoms. The first kappa shape index (κ1) is 16.2. The minimum Gasteiger partial charge on any atom is -0.462 e. The van der Waals surface area contributed by atoms with Crippen molar-refractivity contribution in [3.63, 3.8) is 0 Å². The summed E-state index contributed by atoms with van der Waals surface area (Å²) < 4.78 is 6.99. The fourth-order valence-corrected chi connectivity index (χ4v) is 2.52. The second-order valence-corrected chi connectivity index (χ2v) is 5.69. The maximum atomic E-state index is 11.6. The molecule has 2 aromatic rings. The topological polar surface area (TPSA) is 69.9 Å². The van der Waals surface area contributed by atoms with Crippen LogP contribution in [0.25, 0.3) is 11.5 Å². The molecular formula is C15H18N4O2S. The zero-order valence-corrected chi connectivity index (χ0v) is 13.4. The van der Waals surface area contributed by atoms with Crippen molar-refractivity contribution >= 4 is 17.7 Å². The highest BCUT2D eigenvalue weighted by Crippen LogP contribution is 2.22. The smallest absolute Gasteiger partial charge is 0.316 e. The number of ether oxygens (including phenoxy) is 1. The number of thioether (sulfide) groups is 1. The van der Waals surface area contributed by atoms with Gasteiger partial charge in [0.25, 0.3) is 0 Å². The molecule has 0 fully saturated rings. The number of allylic oxidation sites excluding steroid dienone is 1. The summed E-state index contributed by atoms with van der Waals surface area (Å²) in [5, 5.41) is 8.96. The Morgan fingerprint density at radius 2 is 2.27 bits per heavy atom. The predicted octanol–water partition coefficient (Wildman–Crippen LogP) is 2.57. The van der Waals surface area contributed by atoms with Crippen molar-refractivity contribution < 1.29 is 9.53 Å². The summed E-state index contributed by atoms with van der Waals surface area (Å²) in [4.78, 5) is 15.9. The molecular weight excluding hydrogens is 300 g/mol. The molecule has 2 heterocycles. The second-order valence-electron chi connectivity index (χ2n) is 4.75. The first-order valence-electron chi connectivity index (χ1n) is 6.89. The number of carbonyl (C=O) groups is 1. The molecule has 0 N–H and O–H groups in total. The average molecular weight is 318 g/mol. The van der Waals surface area contributed by atoms with Crippen LogP contribution < -0.4 is 0 Å². The first-order chi connectivity index (χ1) is 10.6. The largest absolute Gasteiger partial charge is 0.462 e. The summed E-state index contributed by atoms with van der Waals surface area (Å²) in [6.07, 6.45) is 3.34. The lowest BCUT2D eigenvalue weighted by Gasteiger charge is -2.08. The van der Waals surface area contributed by atoms with Gasteiger partial charge < -0.3 is 4.74 Å². The Labute approximate surface area is 133 Å². The van der Waals surface area contributed by atoms with E-state index in [0.717, 1.165) is 5.69 Å². The van der Waals surface area contributed by atoms with Crippen LogP contribution in [0.1, 0.15) is 13.8 Å². The van der Waals surface area contributed by atoms with E-state index < -0.39 is 0 Å². The van der Waals surface area contributed by atoms with Crippen LogP contribution >= 0.6 is 11.8 Å². The Kier molecular flexibility index (Phi) is 5.71. The van der Waals surface area contributed by atoms with Crippen LogP contribution in [0.2, 0.25) is 0 Å². The van der Waals surface area contributed by atoms with Crippen molar-refractivity contribution in [3.05, 3.63) is 37.1 Å². The molecule has 0 amide bonds. The van der Waals surface area contributed by atoms with Gasteiger partial charge in [-0.3, -0.25) is 14.3 Å². The molecule has 0 aliphatic heterocycles. The van der Waals surface area contributed by atoms with Gasteiger partial charge in [-0.05, 0) is 26.0 Å². The molecule has 0 atom stereocenters. The molecule has 0 unspecified atom stereocenters. The van der Waals surface area contributed by atoms with Gasteiger partial charge in [0.05, 0.1) is 11.9 Å². The third-order valence-electron chi connectivity index (χ3n) is 2.61. The Balaban J connectivity index is 2.17. The molecule has 0 aliphatic carbocycles. The van der Waals surface area contributed by atoms with E-state index in [1.54, 1.807) is 12.3 Å². The van der Waals surface area contributed by atoms with Crippen LogP contribution in [0.3, 0.4) is 0 Å². The Bertz CT molecular complexity index is 640. The lowest BCUT2D eigenvalue weighted by atomic mass is 10.3. The van der Waals surface area contributed by atoms with E-state index in [1.165, 1.54) is 11.8 Å². The summed E-state index contributed by atoms with van der Waals surface area (Å²) >= 11 is 1.29. The number of carbonyl (C=O) groups excluding carboxylic acids is 1. The van der Waals surface area contributed by atoms with Crippen LogP contribution in [0.4, 0.5) is 0 Å². The third kappa shape index (κ3) is 4.17. The van der Waals surface area contributed by atoms with E-state index in [2.05, 4.69) is 21.8 Å². The second kappa shape index (κ2) is 7.74. The molecule has 6 nitrogen and oxygen atoms in total. The van der Waals surface area contributed by atoms with Crippen molar-refractivity contribution in [1.29, 1.82) is 0 Å². The number of aromatic nitrogens is 4. The van der Waals surface area contributed by atoms with E-state index in [4.69, 9.17) is 4.74 Å². The molecule has 0 radical (unpaired) electrons. The van der Waals surface area contributed by atoms with Crippen LogP contribution in [0.5, 0.6) is 0 Å². The zero-order chi connectivity index (χ0) is 15.9. The monoisotopic (exact) mass is 318 g/mol. The van der Waals surface area contributed by atoms with E-state index in [0.29, 0.717) is 17.5 Å². The number of rotatable bonds is 7. The van der Waals surface area contributed by atoms with Crippen molar-refractivity contribution in [1.82, 2.24) is 19.7 Å². The number of esters is 1. The van der Waals surface area contributed by atoms with Crippen molar-refractivity contribution in [2.45, 2.75) is 31.7 Å². The Morgan fingerprint density at radius 3 is 2.91 bits per heavy atom. The molecule has 0 aromatic carbocycles. The van der Waals surface area contributed by atoms with Gasteiger partial charge in [0.1, 0.15) is 5.69 Å². The van der Waals surface area contributed by atoms with Crippen LogP contribution in [-0.2, 0) is 16.1 Å². The van der Waals surface area contributed by atoms with Crippen LogP contribution in [0.15, 0.2) is 42.2 Å². The van der Waals surface area contributed by atoms with Gasteiger partial charge in [-0.25, -0.2) is 0 Å². The van der Waals surface area contributed by atoms with Crippen molar-refractivity contribution in [3.8, 4) is 11.5 Å². The summed E-state index contributed by atoms with van der Waals surface area (Å²) in [5.74, 6) is 0.572.